The van der Waals surface area contributed by atoms with Crippen LogP contribution in [-0.2, 0) is 6.61 Å². The molecule has 31 heavy (non-hydrogen) atoms. The molecule has 3 rings (SSSR count). The Balaban J connectivity index is 2.22. The number of aliphatic hydroxyl groups is 1. The molecule has 0 aliphatic carbocycles. The van der Waals surface area contributed by atoms with Crippen molar-refractivity contribution >= 4 is 10.6 Å². The number of rotatable bonds is 9. The average Bonchev–Trinajstić information content (AvgIpc) is 2.88. The summed E-state index contributed by atoms with van der Waals surface area (Å²) in [6.07, 6.45) is 5.94. The molecule has 6 heteroatoms. The van der Waals surface area contributed by atoms with E-state index in [4.69, 9.17) is 4.74 Å². The smallest absolute Gasteiger partial charge is 0.124 e. The first-order valence-electron chi connectivity index (χ1n) is 11.3. The van der Waals surface area contributed by atoms with E-state index >= 15 is 0 Å². The van der Waals surface area contributed by atoms with Crippen LogP contribution in [0.4, 0.5) is 0 Å². The maximum Gasteiger partial charge on any atom is 0.124 e. The van der Waals surface area contributed by atoms with E-state index in [0.717, 1.165) is 49.7 Å². The van der Waals surface area contributed by atoms with Crippen molar-refractivity contribution in [1.82, 2.24) is 5.32 Å². The molecule has 1 heterocycles. The predicted molar refractivity (Wildman–Crippen MR) is 128 cm³/mol. The maximum absolute atomic E-state index is 11.5. The maximum atomic E-state index is 11.5. The minimum atomic E-state index is -3.07. The van der Waals surface area contributed by atoms with Crippen LogP contribution >= 0.6 is 10.6 Å². The molecule has 0 saturated carbocycles. The van der Waals surface area contributed by atoms with Gasteiger partial charge in [-0.3, -0.25) is 14.4 Å². The second-order valence-electron chi connectivity index (χ2n) is 8.65. The van der Waals surface area contributed by atoms with E-state index in [0.29, 0.717) is 16.2 Å². The summed E-state index contributed by atoms with van der Waals surface area (Å²) in [6.45, 7) is 4.13. The van der Waals surface area contributed by atoms with E-state index in [1.807, 2.05) is 24.3 Å². The minimum Gasteiger partial charge on any atom is -0.496 e. The fraction of sp³-hybridized carbons (Fsp3) is 0.520. The van der Waals surface area contributed by atoms with E-state index in [1.54, 1.807) is 13.2 Å². The van der Waals surface area contributed by atoms with Gasteiger partial charge in [-0.25, -0.2) is 0 Å². The number of methoxy groups -OCH3 is 1. The van der Waals surface area contributed by atoms with Crippen molar-refractivity contribution in [2.75, 3.05) is 12.9 Å². The highest BCUT2D eigenvalue weighted by Gasteiger charge is 2.42. The lowest BCUT2D eigenvalue weighted by Gasteiger charge is -2.42. The zero-order chi connectivity index (χ0) is 22.5. The molecule has 0 bridgehead atoms. The molecule has 1 atom stereocenters. The quantitative estimate of drug-likeness (QED) is 0.373. The van der Waals surface area contributed by atoms with Crippen molar-refractivity contribution in [2.24, 2.45) is 0 Å². The lowest BCUT2D eigenvalue weighted by atomic mass is 9.86. The monoisotopic (exact) mass is 447 g/mol. The van der Waals surface area contributed by atoms with Gasteiger partial charge in [-0.1, -0.05) is 69.9 Å². The van der Waals surface area contributed by atoms with Crippen LogP contribution in [0.2, 0.25) is 0 Å². The van der Waals surface area contributed by atoms with Crippen LogP contribution in [0, 0.1) is 0 Å². The third-order valence-corrected chi connectivity index (χ3v) is 8.34. The van der Waals surface area contributed by atoms with E-state index in [9.17, 15) is 14.2 Å². The molecule has 0 spiro atoms. The SMILES string of the molecule is CCCCC1(CCCC)CS(O)(O)c2cc(CO)c(OC)cc2C(c2ccccc2)N1. The molecule has 1 aliphatic heterocycles. The summed E-state index contributed by atoms with van der Waals surface area (Å²) >= 11 is 0. The Labute approximate surface area is 188 Å². The summed E-state index contributed by atoms with van der Waals surface area (Å²) in [4.78, 5) is 0.522. The van der Waals surface area contributed by atoms with Crippen molar-refractivity contribution < 1.29 is 18.9 Å². The molecule has 4 N–H and O–H groups in total. The predicted octanol–water partition coefficient (Wildman–Crippen LogP) is 6.11. The minimum absolute atomic E-state index is 0.194. The fourth-order valence-corrected chi connectivity index (χ4v) is 6.86. The molecule has 0 fully saturated rings. The number of hydrogen-bond acceptors (Lipinski definition) is 5. The first-order valence-corrected chi connectivity index (χ1v) is 13.0. The molecule has 0 amide bonds. The van der Waals surface area contributed by atoms with Gasteiger partial charge in [0, 0.05) is 16.7 Å². The van der Waals surface area contributed by atoms with E-state index in [2.05, 4.69) is 31.3 Å². The average molecular weight is 448 g/mol. The van der Waals surface area contributed by atoms with Gasteiger partial charge in [0.1, 0.15) is 5.75 Å². The van der Waals surface area contributed by atoms with E-state index < -0.39 is 10.6 Å². The van der Waals surface area contributed by atoms with Crippen molar-refractivity contribution in [3.05, 3.63) is 59.2 Å². The van der Waals surface area contributed by atoms with Gasteiger partial charge in [0.2, 0.25) is 0 Å². The zero-order valence-electron chi connectivity index (χ0n) is 18.9. The van der Waals surface area contributed by atoms with Crippen molar-refractivity contribution in [3.63, 3.8) is 0 Å². The molecular weight excluding hydrogens is 410 g/mol. The van der Waals surface area contributed by atoms with Crippen LogP contribution in [-0.4, -0.2) is 32.6 Å². The first kappa shape index (κ1) is 24.1. The first-order chi connectivity index (χ1) is 14.9. The number of fused-ring (bicyclic) bond motifs is 1. The molecule has 0 radical (unpaired) electrons. The Bertz CT molecular complexity index is 848. The van der Waals surface area contributed by atoms with Gasteiger partial charge >= 0.3 is 0 Å². The second-order valence-corrected chi connectivity index (χ2v) is 10.7. The standard InChI is InChI=1S/C25H37NO4S/c1-4-6-13-25(14-7-5-2)18-31(28,29)23-15-20(17-27)22(30-3)16-21(23)24(26-25)19-11-9-8-10-12-19/h8-12,15-16,24,26-29H,4-7,13-14,17-18H2,1-3H3. The third kappa shape index (κ3) is 5.26. The molecule has 2 aromatic rings. The molecule has 5 nitrogen and oxygen atoms in total. The highest BCUT2D eigenvalue weighted by Crippen LogP contribution is 2.58. The van der Waals surface area contributed by atoms with Gasteiger partial charge in [-0.05, 0) is 30.5 Å². The summed E-state index contributed by atoms with van der Waals surface area (Å²) in [5.41, 5.74) is 2.09. The summed E-state index contributed by atoms with van der Waals surface area (Å²) in [5, 5.41) is 13.8. The number of unbranched alkanes of at least 4 members (excludes halogenated alkanes) is 2. The lowest BCUT2D eigenvalue weighted by molar-refractivity contribution is 0.271. The van der Waals surface area contributed by atoms with Crippen LogP contribution < -0.4 is 10.1 Å². The van der Waals surface area contributed by atoms with E-state index in [-0.39, 0.29) is 23.9 Å². The van der Waals surface area contributed by atoms with Crippen LogP contribution in [0.1, 0.15) is 75.1 Å². The highest BCUT2D eigenvalue weighted by molar-refractivity contribution is 8.24. The van der Waals surface area contributed by atoms with Gasteiger partial charge in [-0.2, -0.15) is 10.6 Å². The molecule has 0 saturated heterocycles. The fourth-order valence-electron chi connectivity index (χ4n) is 4.68. The molecule has 1 unspecified atom stereocenters. The Morgan fingerprint density at radius 2 is 1.71 bits per heavy atom. The molecule has 1 aliphatic rings. The number of aliphatic hydroxyl groups excluding tert-OH is 1. The normalized spacial score (nSPS) is 20.5. The van der Waals surface area contributed by atoms with Gasteiger partial charge in [0.25, 0.3) is 0 Å². The number of nitrogens with one attached hydrogen (secondary N) is 1. The number of hydrogen-bond donors (Lipinski definition) is 4. The molecule has 0 aromatic heterocycles. The zero-order valence-corrected chi connectivity index (χ0v) is 19.8. The Kier molecular flexibility index (Phi) is 8.05. The summed E-state index contributed by atoms with van der Waals surface area (Å²) in [7, 11) is -1.50. The molecule has 172 valence electrons. The lowest BCUT2D eigenvalue weighted by Crippen LogP contribution is -2.50. The number of benzene rings is 2. The van der Waals surface area contributed by atoms with Crippen molar-refractivity contribution in [1.29, 1.82) is 0 Å². The molecular formula is C25H37NO4S. The van der Waals surface area contributed by atoms with Gasteiger partial charge < -0.3 is 9.84 Å². The van der Waals surface area contributed by atoms with Gasteiger partial charge in [-0.15, -0.1) is 0 Å². The van der Waals surface area contributed by atoms with Crippen molar-refractivity contribution in [2.45, 2.75) is 75.5 Å². The molecule has 2 aromatic carbocycles. The largest absolute Gasteiger partial charge is 0.496 e. The summed E-state index contributed by atoms with van der Waals surface area (Å²) in [5.74, 6) is 0.849. The van der Waals surface area contributed by atoms with Crippen LogP contribution in [0.15, 0.2) is 47.4 Å². The Hall–Kier alpha value is -1.57. The van der Waals surface area contributed by atoms with Gasteiger partial charge in [0.05, 0.1) is 30.4 Å². The van der Waals surface area contributed by atoms with E-state index in [1.165, 1.54) is 0 Å². The summed E-state index contributed by atoms with van der Waals surface area (Å²) in [6, 6.07) is 13.6. The van der Waals surface area contributed by atoms with Crippen molar-refractivity contribution in [3.8, 4) is 5.75 Å². The second kappa shape index (κ2) is 10.4. The van der Waals surface area contributed by atoms with Crippen LogP contribution in [0.25, 0.3) is 0 Å². The topological polar surface area (TPSA) is 82.0 Å². The Morgan fingerprint density at radius 1 is 1.06 bits per heavy atom. The Morgan fingerprint density at radius 3 is 2.26 bits per heavy atom. The summed E-state index contributed by atoms with van der Waals surface area (Å²) < 4.78 is 28.5. The number of ether oxygens (including phenoxy) is 1. The highest BCUT2D eigenvalue weighted by atomic mass is 32.3. The third-order valence-electron chi connectivity index (χ3n) is 6.33. The van der Waals surface area contributed by atoms with Crippen LogP contribution in [0.3, 0.4) is 0 Å². The van der Waals surface area contributed by atoms with Gasteiger partial charge in [0.15, 0.2) is 0 Å². The van der Waals surface area contributed by atoms with Crippen LogP contribution in [0.5, 0.6) is 5.75 Å².